The number of alkyl carbamates (subject to hydrolysis) is 1. The summed E-state index contributed by atoms with van der Waals surface area (Å²) in [6, 6.07) is -0.628. The Morgan fingerprint density at radius 2 is 1.30 bits per heavy atom. The van der Waals surface area contributed by atoms with Crippen molar-refractivity contribution in [2.45, 2.75) is 111 Å². The minimum atomic E-state index is -0.628. The van der Waals surface area contributed by atoms with Crippen LogP contribution in [0.3, 0.4) is 0 Å². The molecule has 0 saturated heterocycles. The van der Waals surface area contributed by atoms with E-state index >= 15 is 0 Å². The maximum Gasteiger partial charge on any atom is 0.407 e. The summed E-state index contributed by atoms with van der Waals surface area (Å²) in [4.78, 5) is 23.8. The third kappa shape index (κ3) is 16.6. The lowest BCUT2D eigenvalue weighted by molar-refractivity contribution is -0.146. The molecule has 1 unspecified atom stereocenters. The second kappa shape index (κ2) is 18.1. The van der Waals surface area contributed by atoms with Crippen molar-refractivity contribution in [1.82, 2.24) is 5.32 Å². The van der Waals surface area contributed by atoms with Gasteiger partial charge < -0.3 is 14.8 Å². The van der Waals surface area contributed by atoms with Crippen LogP contribution < -0.4 is 5.32 Å². The van der Waals surface area contributed by atoms with Crippen LogP contribution in [-0.2, 0) is 14.3 Å². The van der Waals surface area contributed by atoms with Gasteiger partial charge in [0.15, 0.2) is 0 Å². The average molecular weight is 386 g/mol. The summed E-state index contributed by atoms with van der Waals surface area (Å²) in [5.41, 5.74) is 0. The summed E-state index contributed by atoms with van der Waals surface area (Å²) in [6.45, 7) is 8.72. The first kappa shape index (κ1) is 25.7. The molecule has 1 N–H and O–H groups in total. The molecule has 1 amide bonds. The van der Waals surface area contributed by atoms with E-state index in [9.17, 15) is 9.59 Å². The Bertz CT molecular complexity index is 371. The Kier molecular flexibility index (Phi) is 17.3. The van der Waals surface area contributed by atoms with Gasteiger partial charge in [-0.2, -0.15) is 0 Å². The fourth-order valence-corrected chi connectivity index (χ4v) is 3.04. The SMILES string of the molecule is CCCCCCCCCCCCCOC(=O)C(CC(C)C)NC(=O)OCC. The minimum Gasteiger partial charge on any atom is -0.464 e. The molecule has 0 saturated carbocycles. The van der Waals surface area contributed by atoms with Gasteiger partial charge in [0.05, 0.1) is 13.2 Å². The van der Waals surface area contributed by atoms with Gasteiger partial charge in [-0.05, 0) is 25.7 Å². The third-order valence-electron chi connectivity index (χ3n) is 4.55. The minimum absolute atomic E-state index is 0.284. The van der Waals surface area contributed by atoms with Crippen LogP contribution in [0.15, 0.2) is 0 Å². The third-order valence-corrected chi connectivity index (χ3v) is 4.55. The van der Waals surface area contributed by atoms with Crippen molar-refractivity contribution < 1.29 is 19.1 Å². The number of hydrogen-bond acceptors (Lipinski definition) is 4. The first-order chi connectivity index (χ1) is 13.0. The zero-order chi connectivity index (χ0) is 20.3. The van der Waals surface area contributed by atoms with Crippen LogP contribution in [-0.4, -0.2) is 31.3 Å². The van der Waals surface area contributed by atoms with E-state index in [2.05, 4.69) is 12.2 Å². The Morgan fingerprint density at radius 1 is 0.778 bits per heavy atom. The molecule has 0 spiro atoms. The number of rotatable bonds is 17. The van der Waals surface area contributed by atoms with Crippen molar-refractivity contribution in [3.63, 3.8) is 0 Å². The summed E-state index contributed by atoms with van der Waals surface area (Å²) < 4.78 is 10.2. The summed E-state index contributed by atoms with van der Waals surface area (Å²) in [5, 5.41) is 2.61. The van der Waals surface area contributed by atoms with Crippen molar-refractivity contribution >= 4 is 12.1 Å². The fraction of sp³-hybridized carbons (Fsp3) is 0.909. The lowest BCUT2D eigenvalue weighted by Crippen LogP contribution is -2.43. The zero-order valence-electron chi connectivity index (χ0n) is 18.2. The van der Waals surface area contributed by atoms with Gasteiger partial charge in [0.2, 0.25) is 0 Å². The van der Waals surface area contributed by atoms with E-state index in [0.29, 0.717) is 13.0 Å². The molecule has 5 nitrogen and oxygen atoms in total. The van der Waals surface area contributed by atoms with Crippen molar-refractivity contribution in [2.24, 2.45) is 5.92 Å². The lowest BCUT2D eigenvalue weighted by atomic mass is 10.0. The molecule has 0 aromatic heterocycles. The first-order valence-corrected chi connectivity index (χ1v) is 11.1. The topological polar surface area (TPSA) is 64.6 Å². The zero-order valence-corrected chi connectivity index (χ0v) is 18.2. The van der Waals surface area contributed by atoms with Gasteiger partial charge in [-0.15, -0.1) is 0 Å². The molecule has 160 valence electrons. The van der Waals surface area contributed by atoms with Gasteiger partial charge in [0, 0.05) is 0 Å². The molecule has 0 aliphatic heterocycles. The standard InChI is InChI=1S/C22H43NO4/c1-5-7-8-9-10-11-12-13-14-15-16-17-27-21(24)20(18-19(3)4)23-22(25)26-6-2/h19-20H,5-18H2,1-4H3,(H,23,25). The molecule has 1 atom stereocenters. The second-order valence-corrected chi connectivity index (χ2v) is 7.75. The van der Waals surface area contributed by atoms with Gasteiger partial charge in [0.1, 0.15) is 6.04 Å². The van der Waals surface area contributed by atoms with Crippen LogP contribution in [0.4, 0.5) is 4.79 Å². The van der Waals surface area contributed by atoms with Gasteiger partial charge >= 0.3 is 12.1 Å². The molecule has 5 heteroatoms. The second-order valence-electron chi connectivity index (χ2n) is 7.75. The molecule has 0 aromatic rings. The normalized spacial score (nSPS) is 12.0. The predicted octanol–water partition coefficient (Wildman–Crippen LogP) is 6.00. The van der Waals surface area contributed by atoms with E-state index in [1.165, 1.54) is 57.8 Å². The van der Waals surface area contributed by atoms with E-state index in [1.807, 2.05) is 13.8 Å². The molecule has 0 rings (SSSR count). The Morgan fingerprint density at radius 3 is 1.78 bits per heavy atom. The number of esters is 1. The first-order valence-electron chi connectivity index (χ1n) is 11.1. The van der Waals surface area contributed by atoms with Gasteiger partial charge in [-0.1, -0.05) is 85.0 Å². The van der Waals surface area contributed by atoms with Crippen LogP contribution in [0.25, 0.3) is 0 Å². The maximum atomic E-state index is 12.2. The number of hydrogen-bond donors (Lipinski definition) is 1. The summed E-state index contributed by atoms with van der Waals surface area (Å²) in [6.07, 6.45) is 13.9. The van der Waals surface area contributed by atoms with Gasteiger partial charge in [0.25, 0.3) is 0 Å². The van der Waals surface area contributed by atoms with Crippen LogP contribution in [0.1, 0.15) is 105 Å². The van der Waals surface area contributed by atoms with Crippen molar-refractivity contribution in [3.8, 4) is 0 Å². The summed E-state index contributed by atoms with van der Waals surface area (Å²) in [7, 11) is 0. The average Bonchev–Trinajstić information content (AvgIpc) is 2.61. The number of unbranched alkanes of at least 4 members (excludes halogenated alkanes) is 10. The van der Waals surface area contributed by atoms with Crippen molar-refractivity contribution in [1.29, 1.82) is 0 Å². The number of nitrogens with one attached hydrogen (secondary N) is 1. The molecule has 0 radical (unpaired) electrons. The Hall–Kier alpha value is -1.26. The summed E-state index contributed by atoms with van der Waals surface area (Å²) in [5.74, 6) is -0.0738. The lowest BCUT2D eigenvalue weighted by Gasteiger charge is -2.19. The monoisotopic (exact) mass is 385 g/mol. The Labute approximate surface area is 167 Å². The fourth-order valence-electron chi connectivity index (χ4n) is 3.04. The highest BCUT2D eigenvalue weighted by Crippen LogP contribution is 2.12. The number of amides is 1. The largest absolute Gasteiger partial charge is 0.464 e. The quantitative estimate of drug-likeness (QED) is 0.246. The smallest absolute Gasteiger partial charge is 0.407 e. The molecule has 0 aromatic carbocycles. The van der Waals surface area contributed by atoms with Crippen LogP contribution in [0.5, 0.6) is 0 Å². The van der Waals surface area contributed by atoms with Crippen LogP contribution >= 0.6 is 0 Å². The summed E-state index contributed by atoms with van der Waals surface area (Å²) >= 11 is 0. The highest BCUT2D eigenvalue weighted by atomic mass is 16.6. The highest BCUT2D eigenvalue weighted by Gasteiger charge is 2.23. The Balaban J connectivity index is 3.74. The molecule has 0 bridgehead atoms. The van der Waals surface area contributed by atoms with Gasteiger partial charge in [-0.3, -0.25) is 0 Å². The molecular weight excluding hydrogens is 342 g/mol. The molecule has 0 aliphatic carbocycles. The van der Waals surface area contributed by atoms with Crippen LogP contribution in [0.2, 0.25) is 0 Å². The van der Waals surface area contributed by atoms with E-state index in [1.54, 1.807) is 6.92 Å². The van der Waals surface area contributed by atoms with Gasteiger partial charge in [-0.25, -0.2) is 9.59 Å². The van der Waals surface area contributed by atoms with Crippen molar-refractivity contribution in [2.75, 3.05) is 13.2 Å². The van der Waals surface area contributed by atoms with Crippen molar-refractivity contribution in [3.05, 3.63) is 0 Å². The van der Waals surface area contributed by atoms with E-state index in [4.69, 9.17) is 9.47 Å². The highest BCUT2D eigenvalue weighted by molar-refractivity contribution is 5.81. The number of ether oxygens (including phenoxy) is 2. The molecular formula is C22H43NO4. The molecule has 0 heterocycles. The van der Waals surface area contributed by atoms with E-state index in [-0.39, 0.29) is 18.5 Å². The molecule has 0 aliphatic rings. The van der Waals surface area contributed by atoms with E-state index < -0.39 is 12.1 Å². The maximum absolute atomic E-state index is 12.2. The van der Waals surface area contributed by atoms with Crippen LogP contribution in [0, 0.1) is 5.92 Å². The molecule has 0 fully saturated rings. The van der Waals surface area contributed by atoms with E-state index in [0.717, 1.165) is 12.8 Å². The molecule has 27 heavy (non-hydrogen) atoms. The number of carbonyl (C=O) groups excluding carboxylic acids is 2. The predicted molar refractivity (Wildman–Crippen MR) is 111 cm³/mol. The number of carbonyl (C=O) groups is 2.